The van der Waals surface area contributed by atoms with E-state index < -0.39 is 51.8 Å². The summed E-state index contributed by atoms with van der Waals surface area (Å²) in [5.74, 6) is -5.62. The number of hydrogen-bond acceptors (Lipinski definition) is 6. The Morgan fingerprint density at radius 1 is 1.16 bits per heavy atom. The third kappa shape index (κ3) is 4.63. The van der Waals surface area contributed by atoms with Crippen LogP contribution in [0.1, 0.15) is 49.3 Å². The minimum atomic E-state index is -1.61. The molecule has 0 N–H and O–H groups in total. The standard InChI is InChI=1S/C26H28F3N3O5/c1-14-7-8-31-17(11-14)30-21(18-16(27)12-15(23(33)35-6)19(28)20(18)29)22(31)26(5)13-36-10-9-32(26)24(34)37-25(2,3)4/h7-8,11-12H,9-10,13H2,1-6H3. The molecule has 1 saturated heterocycles. The first kappa shape index (κ1) is 26.5. The number of nitrogens with zero attached hydrogens (tertiary/aromatic N) is 3. The number of methoxy groups -OCH3 is 1. The molecular formula is C26H28F3N3O5. The first-order valence-corrected chi connectivity index (χ1v) is 11.6. The fraction of sp³-hybridized carbons (Fsp3) is 0.423. The topological polar surface area (TPSA) is 82.4 Å². The summed E-state index contributed by atoms with van der Waals surface area (Å²) in [5, 5.41) is 0. The highest BCUT2D eigenvalue weighted by Gasteiger charge is 2.46. The number of hydrogen-bond donors (Lipinski definition) is 0. The van der Waals surface area contributed by atoms with Gasteiger partial charge in [-0.25, -0.2) is 27.7 Å². The predicted octanol–water partition coefficient (Wildman–Crippen LogP) is 5.00. The maximum Gasteiger partial charge on any atom is 0.411 e. The number of fused-ring (bicyclic) bond motifs is 1. The summed E-state index contributed by atoms with van der Waals surface area (Å²) in [6.07, 6.45) is 0.998. The number of ether oxygens (including phenoxy) is 3. The van der Waals surface area contributed by atoms with E-state index >= 15 is 8.78 Å². The van der Waals surface area contributed by atoms with Crippen LogP contribution in [0.2, 0.25) is 0 Å². The number of aromatic nitrogens is 2. The first-order chi connectivity index (χ1) is 17.3. The summed E-state index contributed by atoms with van der Waals surface area (Å²) in [5.41, 5.74) is -2.70. The van der Waals surface area contributed by atoms with Crippen molar-refractivity contribution in [2.45, 2.75) is 45.8 Å². The number of morpholine rings is 1. The van der Waals surface area contributed by atoms with Crippen LogP contribution >= 0.6 is 0 Å². The molecule has 2 aromatic heterocycles. The largest absolute Gasteiger partial charge is 0.465 e. The Morgan fingerprint density at radius 2 is 1.86 bits per heavy atom. The van der Waals surface area contributed by atoms with Crippen molar-refractivity contribution < 1.29 is 37.0 Å². The third-order valence-corrected chi connectivity index (χ3v) is 6.14. The highest BCUT2D eigenvalue weighted by molar-refractivity contribution is 5.90. The van der Waals surface area contributed by atoms with E-state index in [1.807, 2.05) is 6.92 Å². The highest BCUT2D eigenvalue weighted by Crippen LogP contribution is 2.41. The molecule has 3 aromatic rings. The van der Waals surface area contributed by atoms with Crippen molar-refractivity contribution >= 4 is 17.7 Å². The minimum absolute atomic E-state index is 0.0487. The summed E-state index contributed by atoms with van der Waals surface area (Å²) >= 11 is 0. The Morgan fingerprint density at radius 3 is 2.51 bits per heavy atom. The monoisotopic (exact) mass is 519 g/mol. The molecule has 0 radical (unpaired) electrons. The van der Waals surface area contributed by atoms with Crippen LogP contribution in [0.5, 0.6) is 0 Å². The summed E-state index contributed by atoms with van der Waals surface area (Å²) in [6.45, 7) is 8.95. The molecule has 1 atom stereocenters. The van der Waals surface area contributed by atoms with Gasteiger partial charge in [0.05, 0.1) is 31.6 Å². The molecule has 1 amide bonds. The molecule has 1 aliphatic heterocycles. The Hall–Kier alpha value is -3.60. The Kier molecular flexibility index (Phi) is 6.70. The predicted molar refractivity (Wildman–Crippen MR) is 128 cm³/mol. The molecule has 1 aliphatic rings. The van der Waals surface area contributed by atoms with E-state index in [1.165, 1.54) is 4.90 Å². The molecule has 1 fully saturated rings. The molecule has 0 spiro atoms. The van der Waals surface area contributed by atoms with Crippen molar-refractivity contribution in [2.75, 3.05) is 26.9 Å². The van der Waals surface area contributed by atoms with E-state index in [1.54, 1.807) is 50.4 Å². The molecule has 0 bridgehead atoms. The van der Waals surface area contributed by atoms with Crippen molar-refractivity contribution in [1.82, 2.24) is 14.3 Å². The molecule has 37 heavy (non-hydrogen) atoms. The smallest absolute Gasteiger partial charge is 0.411 e. The number of imidazole rings is 1. The van der Waals surface area contributed by atoms with Crippen molar-refractivity contribution in [2.24, 2.45) is 0 Å². The van der Waals surface area contributed by atoms with Crippen LogP contribution in [0.15, 0.2) is 24.4 Å². The lowest BCUT2D eigenvalue weighted by Crippen LogP contribution is -2.57. The van der Waals surface area contributed by atoms with Gasteiger partial charge in [0.15, 0.2) is 11.6 Å². The maximum atomic E-state index is 15.5. The number of rotatable bonds is 3. The zero-order chi connectivity index (χ0) is 27.3. The normalized spacial score (nSPS) is 18.2. The Balaban J connectivity index is 2.02. The average molecular weight is 520 g/mol. The summed E-state index contributed by atoms with van der Waals surface area (Å²) in [7, 11) is 0.975. The number of benzene rings is 1. The lowest BCUT2D eigenvalue weighted by Gasteiger charge is -2.44. The lowest BCUT2D eigenvalue weighted by atomic mass is 9.90. The van der Waals surface area contributed by atoms with Gasteiger partial charge in [0.1, 0.15) is 33.9 Å². The lowest BCUT2D eigenvalue weighted by molar-refractivity contribution is -0.0728. The fourth-order valence-corrected chi connectivity index (χ4v) is 4.46. The van der Waals surface area contributed by atoms with E-state index in [0.717, 1.165) is 12.7 Å². The SMILES string of the molecule is COC(=O)c1cc(F)c(-c2nc3cc(C)ccn3c2C2(C)COCCN2C(=O)OC(C)(C)C)c(F)c1F. The molecule has 1 aromatic carbocycles. The number of amides is 1. The number of halogens is 3. The van der Waals surface area contributed by atoms with Crippen LogP contribution in [-0.2, 0) is 19.7 Å². The van der Waals surface area contributed by atoms with Crippen LogP contribution in [0.3, 0.4) is 0 Å². The summed E-state index contributed by atoms with van der Waals surface area (Å²) in [6, 6.07) is 4.03. The van der Waals surface area contributed by atoms with Crippen LogP contribution in [0.25, 0.3) is 16.9 Å². The van der Waals surface area contributed by atoms with E-state index in [4.69, 9.17) is 9.47 Å². The second-order valence-electron chi connectivity index (χ2n) is 10.1. The Labute approximate surface area is 211 Å². The molecule has 198 valence electrons. The van der Waals surface area contributed by atoms with Gasteiger partial charge < -0.3 is 18.6 Å². The molecular weight excluding hydrogens is 491 g/mol. The summed E-state index contributed by atoms with van der Waals surface area (Å²) in [4.78, 5) is 31.0. The minimum Gasteiger partial charge on any atom is -0.465 e. The second kappa shape index (κ2) is 9.37. The molecule has 0 aliphatic carbocycles. The third-order valence-electron chi connectivity index (χ3n) is 6.14. The van der Waals surface area contributed by atoms with Gasteiger partial charge in [0.25, 0.3) is 0 Å². The molecule has 3 heterocycles. The quantitative estimate of drug-likeness (QED) is 0.358. The number of carbonyl (C=O) groups is 2. The van der Waals surface area contributed by atoms with Crippen molar-refractivity contribution in [1.29, 1.82) is 0 Å². The van der Waals surface area contributed by atoms with Gasteiger partial charge >= 0.3 is 12.1 Å². The van der Waals surface area contributed by atoms with Gasteiger partial charge in [-0.15, -0.1) is 0 Å². The number of aryl methyl sites for hydroxylation is 1. The molecule has 4 rings (SSSR count). The highest BCUT2D eigenvalue weighted by atomic mass is 19.2. The molecule has 8 nitrogen and oxygen atoms in total. The molecule has 11 heteroatoms. The van der Waals surface area contributed by atoms with Gasteiger partial charge in [0, 0.05) is 12.7 Å². The van der Waals surface area contributed by atoms with Crippen LogP contribution in [-0.4, -0.2) is 58.8 Å². The zero-order valence-electron chi connectivity index (χ0n) is 21.4. The van der Waals surface area contributed by atoms with Gasteiger partial charge in [-0.3, -0.25) is 4.90 Å². The van der Waals surface area contributed by atoms with Crippen LogP contribution < -0.4 is 0 Å². The van der Waals surface area contributed by atoms with Crippen molar-refractivity contribution in [3.8, 4) is 11.3 Å². The average Bonchev–Trinajstić information content (AvgIpc) is 3.18. The number of pyridine rings is 1. The van der Waals surface area contributed by atoms with Gasteiger partial charge in [-0.05, 0) is 58.4 Å². The zero-order valence-corrected chi connectivity index (χ0v) is 21.4. The molecule has 1 unspecified atom stereocenters. The van der Waals surface area contributed by atoms with E-state index in [2.05, 4.69) is 9.72 Å². The van der Waals surface area contributed by atoms with Crippen molar-refractivity contribution in [3.63, 3.8) is 0 Å². The van der Waals surface area contributed by atoms with Crippen LogP contribution in [0, 0.1) is 24.4 Å². The van der Waals surface area contributed by atoms with Crippen LogP contribution in [0.4, 0.5) is 18.0 Å². The summed E-state index contributed by atoms with van der Waals surface area (Å²) < 4.78 is 63.2. The number of esters is 1. The number of carbonyl (C=O) groups excluding carboxylic acids is 2. The van der Waals surface area contributed by atoms with E-state index in [9.17, 15) is 14.0 Å². The van der Waals surface area contributed by atoms with E-state index in [0.29, 0.717) is 11.7 Å². The maximum absolute atomic E-state index is 15.5. The van der Waals surface area contributed by atoms with Crippen molar-refractivity contribution in [3.05, 3.63) is 58.7 Å². The Bertz CT molecular complexity index is 1400. The van der Waals surface area contributed by atoms with E-state index in [-0.39, 0.29) is 31.1 Å². The van der Waals surface area contributed by atoms with Gasteiger partial charge in [-0.2, -0.15) is 0 Å². The van der Waals surface area contributed by atoms with Gasteiger partial charge in [-0.1, -0.05) is 0 Å². The van der Waals surface area contributed by atoms with Gasteiger partial charge in [0.2, 0.25) is 0 Å². The fourth-order valence-electron chi connectivity index (χ4n) is 4.46. The second-order valence-corrected chi connectivity index (χ2v) is 10.1. The molecule has 0 saturated carbocycles. The first-order valence-electron chi connectivity index (χ1n) is 11.6.